The molecule has 6 nitrogen and oxygen atoms in total. The summed E-state index contributed by atoms with van der Waals surface area (Å²) in [5.41, 5.74) is 0.643. The van der Waals surface area contributed by atoms with E-state index in [0.717, 1.165) is 41.3 Å². The van der Waals surface area contributed by atoms with Crippen molar-refractivity contribution >= 4 is 40.7 Å². The third-order valence-corrected chi connectivity index (χ3v) is 5.24. The van der Waals surface area contributed by atoms with E-state index in [1.54, 1.807) is 11.3 Å². The molecule has 148 valence electrons. The van der Waals surface area contributed by atoms with Gasteiger partial charge >= 0.3 is 6.18 Å². The third kappa shape index (κ3) is 4.22. The maximum absolute atomic E-state index is 12.9. The van der Waals surface area contributed by atoms with E-state index in [1.165, 1.54) is 0 Å². The first-order valence-corrected chi connectivity index (χ1v) is 9.35. The van der Waals surface area contributed by atoms with Crippen LogP contribution in [0.25, 0.3) is 5.78 Å². The lowest BCUT2D eigenvalue weighted by atomic mass is 10.2. The van der Waals surface area contributed by atoms with Gasteiger partial charge < -0.3 is 5.32 Å². The highest BCUT2D eigenvalue weighted by Crippen LogP contribution is 2.34. The Morgan fingerprint density at radius 3 is 2.64 bits per heavy atom. The van der Waals surface area contributed by atoms with Crippen molar-refractivity contribution in [3.63, 3.8) is 0 Å². The molecule has 1 atom stereocenters. The highest BCUT2D eigenvalue weighted by Gasteiger charge is 2.31. The van der Waals surface area contributed by atoms with Crippen LogP contribution in [0.2, 0.25) is 5.02 Å². The number of nitrogens with one attached hydrogen (secondary N) is 1. The predicted molar refractivity (Wildman–Crippen MR) is 101 cm³/mol. The molecule has 0 saturated heterocycles. The number of aromatic nitrogens is 4. The average molecular weight is 430 g/mol. The van der Waals surface area contributed by atoms with Crippen LogP contribution < -0.4 is 5.32 Å². The maximum atomic E-state index is 12.9. The molecule has 0 radical (unpaired) electrons. The van der Waals surface area contributed by atoms with Gasteiger partial charge in [0.15, 0.2) is 5.16 Å². The summed E-state index contributed by atoms with van der Waals surface area (Å²) < 4.78 is 40.3. The Labute approximate surface area is 167 Å². The van der Waals surface area contributed by atoms with Gasteiger partial charge in [0.2, 0.25) is 5.91 Å². The molecule has 1 amide bonds. The van der Waals surface area contributed by atoms with Gasteiger partial charge in [-0.1, -0.05) is 23.4 Å². The number of aryl methyl sites for hydroxylation is 2. The highest BCUT2D eigenvalue weighted by atomic mass is 35.5. The van der Waals surface area contributed by atoms with Crippen molar-refractivity contribution in [1.29, 1.82) is 0 Å². The van der Waals surface area contributed by atoms with Gasteiger partial charge in [0.1, 0.15) is 0 Å². The van der Waals surface area contributed by atoms with Crippen molar-refractivity contribution in [2.75, 3.05) is 5.32 Å². The first-order valence-electron chi connectivity index (χ1n) is 8.10. The Kier molecular flexibility index (Phi) is 5.53. The lowest BCUT2D eigenvalue weighted by Gasteiger charge is -2.14. The summed E-state index contributed by atoms with van der Waals surface area (Å²) in [5, 5.41) is 10.3. The van der Waals surface area contributed by atoms with E-state index in [1.807, 2.05) is 19.9 Å². The van der Waals surface area contributed by atoms with Crippen LogP contribution in [0.3, 0.4) is 0 Å². The van der Waals surface area contributed by atoms with Crippen LogP contribution in [-0.4, -0.2) is 30.7 Å². The van der Waals surface area contributed by atoms with Crippen LogP contribution in [0.1, 0.15) is 23.9 Å². The second kappa shape index (κ2) is 7.59. The number of alkyl halides is 3. The molecule has 3 aromatic rings. The third-order valence-electron chi connectivity index (χ3n) is 3.87. The van der Waals surface area contributed by atoms with Gasteiger partial charge in [0.25, 0.3) is 5.78 Å². The van der Waals surface area contributed by atoms with Gasteiger partial charge in [-0.25, -0.2) is 4.98 Å². The second-order valence-corrected chi connectivity index (χ2v) is 7.81. The minimum atomic E-state index is -4.53. The smallest absolute Gasteiger partial charge is 0.324 e. The average Bonchev–Trinajstić information content (AvgIpc) is 2.98. The molecule has 0 aliphatic heterocycles. The quantitative estimate of drug-likeness (QED) is 0.617. The molecule has 1 unspecified atom stereocenters. The Morgan fingerprint density at radius 1 is 1.25 bits per heavy atom. The number of benzene rings is 1. The molecule has 0 aliphatic carbocycles. The number of hydrogen-bond donors (Lipinski definition) is 1. The fourth-order valence-corrected chi connectivity index (χ4v) is 3.59. The van der Waals surface area contributed by atoms with Crippen molar-refractivity contribution in [1.82, 2.24) is 19.6 Å². The van der Waals surface area contributed by atoms with E-state index < -0.39 is 22.9 Å². The minimum Gasteiger partial charge on any atom is -0.324 e. The lowest BCUT2D eigenvalue weighted by molar-refractivity contribution is -0.137. The topological polar surface area (TPSA) is 72.2 Å². The van der Waals surface area contributed by atoms with Crippen LogP contribution in [0.4, 0.5) is 18.9 Å². The molecule has 11 heteroatoms. The van der Waals surface area contributed by atoms with E-state index in [9.17, 15) is 18.0 Å². The first kappa shape index (κ1) is 20.4. The molecule has 0 bridgehead atoms. The summed E-state index contributed by atoms with van der Waals surface area (Å²) in [6.07, 6.45) is -4.53. The maximum Gasteiger partial charge on any atom is 0.416 e. The van der Waals surface area contributed by atoms with Crippen molar-refractivity contribution in [3.05, 3.63) is 46.2 Å². The van der Waals surface area contributed by atoms with Gasteiger partial charge in [0, 0.05) is 11.4 Å². The number of rotatable bonds is 4. The number of anilines is 1. The Hall–Kier alpha value is -2.33. The Morgan fingerprint density at radius 2 is 1.96 bits per heavy atom. The van der Waals surface area contributed by atoms with E-state index in [2.05, 4.69) is 20.5 Å². The summed E-state index contributed by atoms with van der Waals surface area (Å²) in [7, 11) is 0. The standard InChI is InChI=1S/C17H15ClF3N5OS/c1-8-6-9(2)26-15(22-8)24-25-16(26)28-10(3)14(27)23-13-7-11(17(19,20)21)4-5-12(13)18/h4-7,10H,1-3H3,(H,23,27). The molecule has 1 N–H and O–H groups in total. The summed E-state index contributed by atoms with van der Waals surface area (Å²) in [5.74, 6) is -0.103. The molecule has 0 aliphatic rings. The zero-order valence-corrected chi connectivity index (χ0v) is 16.6. The van der Waals surface area contributed by atoms with Gasteiger partial charge in [0.05, 0.1) is 21.5 Å². The number of thioether (sulfide) groups is 1. The fourth-order valence-electron chi connectivity index (χ4n) is 2.52. The molecule has 2 heterocycles. The minimum absolute atomic E-state index is 0.0157. The summed E-state index contributed by atoms with van der Waals surface area (Å²) >= 11 is 7.04. The zero-order valence-electron chi connectivity index (χ0n) is 15.0. The largest absolute Gasteiger partial charge is 0.416 e. The summed E-state index contributed by atoms with van der Waals surface area (Å²) in [6.45, 7) is 5.31. The first-order chi connectivity index (χ1) is 13.1. The fraction of sp³-hybridized carbons (Fsp3) is 0.294. The summed E-state index contributed by atoms with van der Waals surface area (Å²) in [4.78, 5) is 16.8. The number of hydrogen-bond acceptors (Lipinski definition) is 5. The predicted octanol–water partition coefficient (Wildman–Crippen LogP) is 4.53. The molecule has 2 aromatic heterocycles. The van der Waals surface area contributed by atoms with Gasteiger partial charge in [-0.3, -0.25) is 9.20 Å². The molecular weight excluding hydrogens is 415 g/mol. The monoisotopic (exact) mass is 429 g/mol. The van der Waals surface area contributed by atoms with Gasteiger partial charge in [-0.15, -0.1) is 10.2 Å². The molecule has 28 heavy (non-hydrogen) atoms. The number of halogens is 4. The van der Waals surface area contributed by atoms with Crippen LogP contribution >= 0.6 is 23.4 Å². The van der Waals surface area contributed by atoms with E-state index >= 15 is 0 Å². The van der Waals surface area contributed by atoms with Crippen LogP contribution in [0.5, 0.6) is 0 Å². The van der Waals surface area contributed by atoms with Gasteiger partial charge in [-0.2, -0.15) is 13.2 Å². The molecular formula is C17H15ClF3N5OS. The Balaban J connectivity index is 1.79. The molecule has 0 fully saturated rings. The van der Waals surface area contributed by atoms with Crippen LogP contribution in [0, 0.1) is 13.8 Å². The summed E-state index contributed by atoms with van der Waals surface area (Å²) in [6, 6.07) is 4.62. The number of amides is 1. The SMILES string of the molecule is Cc1cc(C)n2c(SC(C)C(=O)Nc3cc(C(F)(F)F)ccc3Cl)nnc2n1. The normalized spacial score (nSPS) is 13.0. The van der Waals surface area contributed by atoms with Crippen molar-refractivity contribution in [2.45, 2.75) is 37.4 Å². The highest BCUT2D eigenvalue weighted by molar-refractivity contribution is 8.00. The van der Waals surface area contributed by atoms with E-state index in [-0.39, 0.29) is 10.7 Å². The van der Waals surface area contributed by atoms with Crippen LogP contribution in [0.15, 0.2) is 29.4 Å². The molecule has 0 saturated carbocycles. The number of carbonyl (C=O) groups excluding carboxylic acids is 1. The van der Waals surface area contributed by atoms with Crippen molar-refractivity contribution < 1.29 is 18.0 Å². The zero-order chi connectivity index (χ0) is 20.6. The Bertz CT molecular complexity index is 1050. The van der Waals surface area contributed by atoms with Gasteiger partial charge in [-0.05, 0) is 45.0 Å². The van der Waals surface area contributed by atoms with Crippen molar-refractivity contribution in [2.24, 2.45) is 0 Å². The molecule has 0 spiro atoms. The van der Waals surface area contributed by atoms with E-state index in [4.69, 9.17) is 11.6 Å². The van der Waals surface area contributed by atoms with Crippen LogP contribution in [-0.2, 0) is 11.0 Å². The number of carbonyl (C=O) groups is 1. The second-order valence-electron chi connectivity index (χ2n) is 6.10. The van der Waals surface area contributed by atoms with Crippen molar-refractivity contribution in [3.8, 4) is 0 Å². The number of nitrogens with zero attached hydrogens (tertiary/aromatic N) is 4. The molecule has 3 rings (SSSR count). The number of fused-ring (bicyclic) bond motifs is 1. The molecule has 1 aromatic carbocycles. The van der Waals surface area contributed by atoms with E-state index in [0.29, 0.717) is 10.9 Å². The lowest BCUT2D eigenvalue weighted by Crippen LogP contribution is -2.23.